The molecule has 9 nitrogen and oxygen atoms in total. The number of carbonyl (C=O) groups excluding carboxylic acids is 1. The molecular weight excluding hydrogens is 350 g/mol. The van der Waals surface area contributed by atoms with Gasteiger partial charge in [0.05, 0.1) is 0 Å². The van der Waals surface area contributed by atoms with Crippen LogP contribution >= 0.6 is 0 Å². The highest BCUT2D eigenvalue weighted by Gasteiger charge is 2.40. The lowest BCUT2D eigenvalue weighted by Crippen LogP contribution is -2.51. The number of carboxylic acids is 1. The first-order chi connectivity index (χ1) is 13.0. The van der Waals surface area contributed by atoms with Crippen molar-refractivity contribution in [2.24, 2.45) is 5.92 Å². The third-order valence-electron chi connectivity index (χ3n) is 4.73. The fraction of sp³-hybridized carbons (Fsp3) is 0.444. The molecule has 1 aromatic heterocycles. The molecule has 9 heteroatoms. The molecule has 3 rings (SSSR count). The molecule has 1 saturated heterocycles. The van der Waals surface area contributed by atoms with Crippen molar-refractivity contribution in [1.82, 2.24) is 26.3 Å². The molecule has 1 aliphatic heterocycles. The highest BCUT2D eigenvalue weighted by molar-refractivity contribution is 5.84. The van der Waals surface area contributed by atoms with E-state index in [1.54, 1.807) is 0 Å². The van der Waals surface area contributed by atoms with Gasteiger partial charge in [0, 0.05) is 36.4 Å². The van der Waals surface area contributed by atoms with Crippen molar-refractivity contribution in [3.63, 3.8) is 0 Å². The van der Waals surface area contributed by atoms with E-state index in [9.17, 15) is 14.7 Å². The van der Waals surface area contributed by atoms with Crippen LogP contribution in [0.15, 0.2) is 34.9 Å². The second kappa shape index (κ2) is 8.28. The number of hydrogen-bond acceptors (Lipinski definition) is 7. The van der Waals surface area contributed by atoms with Gasteiger partial charge in [-0.2, -0.15) is 4.98 Å². The van der Waals surface area contributed by atoms with E-state index in [4.69, 9.17) is 4.52 Å². The molecule has 0 bridgehead atoms. The minimum absolute atomic E-state index is 0.0660. The van der Waals surface area contributed by atoms with Crippen LogP contribution < -0.4 is 16.2 Å². The summed E-state index contributed by atoms with van der Waals surface area (Å²) in [5, 5.41) is 16.0. The molecule has 0 aliphatic carbocycles. The Morgan fingerprint density at radius 2 is 1.89 bits per heavy atom. The number of nitrogens with zero attached hydrogens (tertiary/aromatic N) is 2. The summed E-state index contributed by atoms with van der Waals surface area (Å²) in [5.74, 6) is -0.892. The number of aryl methyl sites for hydroxylation is 1. The van der Waals surface area contributed by atoms with Crippen LogP contribution in [0.2, 0.25) is 0 Å². The van der Waals surface area contributed by atoms with Gasteiger partial charge >= 0.3 is 5.97 Å². The summed E-state index contributed by atoms with van der Waals surface area (Å²) in [6, 6.07) is 8.24. The molecule has 0 radical (unpaired) electrons. The van der Waals surface area contributed by atoms with Crippen LogP contribution in [0.4, 0.5) is 0 Å². The Kier molecular flexibility index (Phi) is 5.82. The standard InChI is InChI=1S/C18H23N5O4/c1-10-15(11(2)22-21-10)16(18(25)26)19-13(24)8-9-14-20-17(23-27-14)12-6-4-3-5-7-12/h3-7,10-11,15-16,21-22H,8-9H2,1-2H3,(H,19,24)(H,25,26). The van der Waals surface area contributed by atoms with Crippen LogP contribution in [0, 0.1) is 5.92 Å². The Morgan fingerprint density at radius 1 is 1.22 bits per heavy atom. The fourth-order valence-corrected chi connectivity index (χ4v) is 3.32. The van der Waals surface area contributed by atoms with Crippen LogP contribution in [0.5, 0.6) is 0 Å². The number of hydrogen-bond donors (Lipinski definition) is 4. The minimum atomic E-state index is -1.05. The summed E-state index contributed by atoms with van der Waals surface area (Å²) < 4.78 is 5.18. The monoisotopic (exact) mass is 373 g/mol. The number of aromatic nitrogens is 2. The first kappa shape index (κ1) is 19.0. The Labute approximate surface area is 156 Å². The molecule has 1 aromatic carbocycles. The van der Waals surface area contributed by atoms with Gasteiger partial charge in [-0.3, -0.25) is 15.6 Å². The highest BCUT2D eigenvalue weighted by Crippen LogP contribution is 2.20. The lowest BCUT2D eigenvalue weighted by Gasteiger charge is -2.26. The number of rotatable bonds is 7. The third kappa shape index (κ3) is 4.50. The summed E-state index contributed by atoms with van der Waals surface area (Å²) >= 11 is 0. The summed E-state index contributed by atoms with van der Waals surface area (Å²) in [6.45, 7) is 3.76. The summed E-state index contributed by atoms with van der Waals surface area (Å²) in [7, 11) is 0. The van der Waals surface area contributed by atoms with E-state index in [1.807, 2.05) is 44.2 Å². The van der Waals surface area contributed by atoms with Crippen molar-refractivity contribution < 1.29 is 19.2 Å². The van der Waals surface area contributed by atoms with Gasteiger partial charge in [-0.25, -0.2) is 4.79 Å². The number of carbonyl (C=O) groups is 2. The first-order valence-corrected chi connectivity index (χ1v) is 8.87. The number of hydrazine groups is 1. The molecule has 2 aromatic rings. The maximum Gasteiger partial charge on any atom is 0.326 e. The molecule has 1 amide bonds. The van der Waals surface area contributed by atoms with Gasteiger partial charge in [-0.05, 0) is 13.8 Å². The maximum absolute atomic E-state index is 12.3. The predicted octanol–water partition coefficient (Wildman–Crippen LogP) is 0.740. The van der Waals surface area contributed by atoms with Crippen molar-refractivity contribution in [2.45, 2.75) is 44.8 Å². The van der Waals surface area contributed by atoms with E-state index in [-0.39, 0.29) is 36.8 Å². The smallest absolute Gasteiger partial charge is 0.326 e. The maximum atomic E-state index is 12.3. The average Bonchev–Trinajstić information content (AvgIpc) is 3.26. The lowest BCUT2D eigenvalue weighted by molar-refractivity contribution is -0.143. The van der Waals surface area contributed by atoms with Gasteiger partial charge in [0.1, 0.15) is 6.04 Å². The number of nitrogens with one attached hydrogen (secondary N) is 3. The van der Waals surface area contributed by atoms with Crippen molar-refractivity contribution in [3.8, 4) is 11.4 Å². The van der Waals surface area contributed by atoms with Crippen molar-refractivity contribution in [2.75, 3.05) is 0 Å². The molecular formula is C18H23N5O4. The highest BCUT2D eigenvalue weighted by atomic mass is 16.5. The molecule has 3 atom stereocenters. The van der Waals surface area contributed by atoms with Crippen molar-refractivity contribution in [3.05, 3.63) is 36.2 Å². The number of amides is 1. The number of carboxylic acid groups (broad SMARTS) is 1. The third-order valence-corrected chi connectivity index (χ3v) is 4.73. The predicted molar refractivity (Wildman–Crippen MR) is 96.3 cm³/mol. The van der Waals surface area contributed by atoms with Crippen LogP contribution in [0.25, 0.3) is 11.4 Å². The molecule has 27 heavy (non-hydrogen) atoms. The van der Waals surface area contributed by atoms with Gasteiger partial charge in [0.2, 0.25) is 17.6 Å². The molecule has 3 unspecified atom stereocenters. The van der Waals surface area contributed by atoms with E-state index in [2.05, 4.69) is 26.3 Å². The van der Waals surface area contributed by atoms with Crippen LogP contribution in [-0.2, 0) is 16.0 Å². The summed E-state index contributed by atoms with van der Waals surface area (Å²) in [5.41, 5.74) is 6.84. The van der Waals surface area contributed by atoms with E-state index in [0.717, 1.165) is 5.56 Å². The molecule has 0 saturated carbocycles. The topological polar surface area (TPSA) is 129 Å². The van der Waals surface area contributed by atoms with Gasteiger partial charge in [0.15, 0.2) is 0 Å². The second-order valence-electron chi connectivity index (χ2n) is 6.70. The van der Waals surface area contributed by atoms with E-state index in [1.165, 1.54) is 0 Å². The zero-order valence-corrected chi connectivity index (χ0v) is 15.2. The molecule has 144 valence electrons. The Hall–Kier alpha value is -2.78. The quantitative estimate of drug-likeness (QED) is 0.559. The Balaban J connectivity index is 1.57. The van der Waals surface area contributed by atoms with Gasteiger partial charge in [-0.15, -0.1) is 0 Å². The van der Waals surface area contributed by atoms with Crippen LogP contribution in [0.1, 0.15) is 26.2 Å². The first-order valence-electron chi connectivity index (χ1n) is 8.87. The van der Waals surface area contributed by atoms with E-state index < -0.39 is 12.0 Å². The van der Waals surface area contributed by atoms with Crippen molar-refractivity contribution >= 4 is 11.9 Å². The fourth-order valence-electron chi connectivity index (χ4n) is 3.32. The zero-order valence-electron chi connectivity index (χ0n) is 15.2. The number of aliphatic carboxylic acids is 1. The van der Waals surface area contributed by atoms with Gasteiger partial charge in [-0.1, -0.05) is 35.5 Å². The zero-order chi connectivity index (χ0) is 19.4. The van der Waals surface area contributed by atoms with E-state index >= 15 is 0 Å². The normalized spacial score (nSPS) is 23.1. The summed E-state index contributed by atoms with van der Waals surface area (Å²) in [6.07, 6.45) is 0.306. The molecule has 1 aliphatic rings. The van der Waals surface area contributed by atoms with Crippen LogP contribution in [0.3, 0.4) is 0 Å². The second-order valence-corrected chi connectivity index (χ2v) is 6.70. The largest absolute Gasteiger partial charge is 0.480 e. The lowest BCUT2D eigenvalue weighted by atomic mass is 9.88. The SMILES string of the molecule is CC1NNC(C)C1C(NC(=O)CCc1nc(-c2ccccc2)no1)C(=O)O. The summed E-state index contributed by atoms with van der Waals surface area (Å²) in [4.78, 5) is 28.2. The van der Waals surface area contributed by atoms with Crippen LogP contribution in [-0.4, -0.2) is 45.2 Å². The molecule has 0 spiro atoms. The molecule has 1 fully saturated rings. The molecule has 2 heterocycles. The number of benzene rings is 1. The van der Waals surface area contributed by atoms with Crippen molar-refractivity contribution in [1.29, 1.82) is 0 Å². The Morgan fingerprint density at radius 3 is 2.52 bits per heavy atom. The van der Waals surface area contributed by atoms with E-state index in [0.29, 0.717) is 11.7 Å². The molecule has 4 N–H and O–H groups in total. The minimum Gasteiger partial charge on any atom is -0.480 e. The average molecular weight is 373 g/mol. The Bertz CT molecular complexity index is 784. The van der Waals surface area contributed by atoms with Gasteiger partial charge < -0.3 is 14.9 Å². The van der Waals surface area contributed by atoms with Gasteiger partial charge in [0.25, 0.3) is 0 Å².